The molecule has 0 saturated carbocycles. The summed E-state index contributed by atoms with van der Waals surface area (Å²) < 4.78 is 11.7. The lowest BCUT2D eigenvalue weighted by Gasteiger charge is -2.15. The third-order valence-corrected chi connectivity index (χ3v) is 4.84. The fourth-order valence-corrected chi connectivity index (χ4v) is 3.35. The molecule has 1 aliphatic rings. The van der Waals surface area contributed by atoms with Crippen LogP contribution in [0, 0.1) is 6.92 Å². The average Bonchev–Trinajstić information content (AvgIpc) is 2.97. The van der Waals surface area contributed by atoms with E-state index in [1.54, 1.807) is 18.2 Å². The summed E-state index contributed by atoms with van der Waals surface area (Å²) in [7, 11) is 0. The Morgan fingerprint density at radius 1 is 1.10 bits per heavy atom. The summed E-state index contributed by atoms with van der Waals surface area (Å²) in [5.74, 6) is 0.567. The maximum absolute atomic E-state index is 12.4. The monoisotopic (exact) mass is 428 g/mol. The second kappa shape index (κ2) is 9.67. The van der Waals surface area contributed by atoms with Gasteiger partial charge in [0.05, 0.1) is 11.6 Å². The van der Waals surface area contributed by atoms with Gasteiger partial charge in [-0.3, -0.25) is 9.69 Å². The average molecular weight is 429 g/mol. The molecule has 2 aromatic rings. The number of hydrogen-bond acceptors (Lipinski definition) is 4. The van der Waals surface area contributed by atoms with Crippen LogP contribution in [-0.2, 0) is 11.4 Å². The molecule has 2 aromatic carbocycles. The van der Waals surface area contributed by atoms with Crippen LogP contribution in [0.2, 0.25) is 5.02 Å². The van der Waals surface area contributed by atoms with E-state index in [1.165, 1.54) is 10.5 Å². The fraction of sp³-hybridized carbons (Fsp3) is 0.304. The van der Waals surface area contributed by atoms with Crippen molar-refractivity contribution in [3.63, 3.8) is 0 Å². The summed E-state index contributed by atoms with van der Waals surface area (Å²) in [5, 5.41) is 2.97. The minimum absolute atomic E-state index is 0.209. The third-order valence-electron chi connectivity index (χ3n) is 4.56. The van der Waals surface area contributed by atoms with E-state index in [0.29, 0.717) is 48.3 Å². The normalized spacial score (nSPS) is 14.9. The van der Waals surface area contributed by atoms with E-state index in [1.807, 2.05) is 45.0 Å². The highest BCUT2D eigenvalue weighted by Crippen LogP contribution is 2.38. The number of nitrogens with one attached hydrogen (secondary N) is 1. The highest BCUT2D eigenvalue weighted by atomic mass is 35.5. The lowest BCUT2D eigenvalue weighted by Crippen LogP contribution is -2.31. The molecule has 6 nitrogen and oxygen atoms in total. The molecule has 0 radical (unpaired) electrons. The zero-order valence-corrected chi connectivity index (χ0v) is 18.1. The summed E-state index contributed by atoms with van der Waals surface area (Å²) in [5.41, 5.74) is 3.03. The Morgan fingerprint density at radius 2 is 1.83 bits per heavy atom. The smallest absolute Gasteiger partial charge is 0.329 e. The second-order valence-corrected chi connectivity index (χ2v) is 7.39. The first kappa shape index (κ1) is 21.7. The van der Waals surface area contributed by atoms with Gasteiger partial charge in [0.15, 0.2) is 11.5 Å². The summed E-state index contributed by atoms with van der Waals surface area (Å²) in [6.07, 6.45) is 2.29. The van der Waals surface area contributed by atoms with Gasteiger partial charge in [0.2, 0.25) is 0 Å². The van der Waals surface area contributed by atoms with Crippen molar-refractivity contribution in [2.75, 3.05) is 13.2 Å². The number of imide groups is 1. The standard InChI is InChI=1S/C23H25ClN2O4/c1-4-10-26-22(27)19(25-23(26)28)12-17-11-18(24)21(20(13-17)29-5-2)30-14-16-8-6-15(3)7-9-16/h6-9,11-13H,4-5,10,14H2,1-3H3,(H,25,28)/b19-12+. The first-order valence-electron chi connectivity index (χ1n) is 9.92. The van der Waals surface area contributed by atoms with E-state index in [-0.39, 0.29) is 11.6 Å². The molecule has 1 heterocycles. The first-order chi connectivity index (χ1) is 14.4. The van der Waals surface area contributed by atoms with Gasteiger partial charge in [-0.15, -0.1) is 0 Å². The van der Waals surface area contributed by atoms with Crippen LogP contribution in [0.3, 0.4) is 0 Å². The van der Waals surface area contributed by atoms with Gasteiger partial charge in [-0.1, -0.05) is 48.4 Å². The third kappa shape index (κ3) is 4.94. The molecule has 0 spiro atoms. The van der Waals surface area contributed by atoms with E-state index in [9.17, 15) is 9.59 Å². The molecule has 1 saturated heterocycles. The van der Waals surface area contributed by atoms with Gasteiger partial charge < -0.3 is 14.8 Å². The van der Waals surface area contributed by atoms with Crippen molar-refractivity contribution in [3.8, 4) is 11.5 Å². The Bertz CT molecular complexity index is 970. The number of carbonyl (C=O) groups is 2. The molecule has 0 bridgehead atoms. The number of urea groups is 1. The summed E-state index contributed by atoms with van der Waals surface area (Å²) >= 11 is 6.47. The number of hydrogen-bond donors (Lipinski definition) is 1. The predicted octanol–water partition coefficient (Wildman–Crippen LogP) is 4.93. The van der Waals surface area contributed by atoms with Gasteiger partial charge in [-0.25, -0.2) is 4.79 Å². The van der Waals surface area contributed by atoms with Gasteiger partial charge in [0.1, 0.15) is 12.3 Å². The zero-order valence-electron chi connectivity index (χ0n) is 17.3. The van der Waals surface area contributed by atoms with Gasteiger partial charge >= 0.3 is 6.03 Å². The molecule has 158 valence electrons. The Morgan fingerprint density at radius 3 is 2.50 bits per heavy atom. The Hall–Kier alpha value is -2.99. The lowest BCUT2D eigenvalue weighted by atomic mass is 10.1. The topological polar surface area (TPSA) is 67.9 Å². The van der Waals surface area contributed by atoms with E-state index in [4.69, 9.17) is 21.1 Å². The van der Waals surface area contributed by atoms with Crippen molar-refractivity contribution >= 4 is 29.6 Å². The van der Waals surface area contributed by atoms with Crippen molar-refractivity contribution in [1.29, 1.82) is 0 Å². The summed E-state index contributed by atoms with van der Waals surface area (Å²) in [6.45, 7) is 6.95. The number of halogens is 1. The van der Waals surface area contributed by atoms with Crippen LogP contribution in [0.15, 0.2) is 42.1 Å². The summed E-state index contributed by atoms with van der Waals surface area (Å²) in [6, 6.07) is 11.1. The number of nitrogens with zero attached hydrogens (tertiary/aromatic N) is 1. The van der Waals surface area contributed by atoms with Crippen LogP contribution in [-0.4, -0.2) is 30.0 Å². The molecular weight excluding hydrogens is 404 g/mol. The number of rotatable bonds is 8. The molecule has 30 heavy (non-hydrogen) atoms. The van der Waals surface area contributed by atoms with Gasteiger partial charge in [-0.05, 0) is 49.6 Å². The van der Waals surface area contributed by atoms with Gasteiger partial charge in [0, 0.05) is 6.54 Å². The van der Waals surface area contributed by atoms with Crippen molar-refractivity contribution in [3.05, 3.63) is 63.8 Å². The van der Waals surface area contributed by atoms with E-state index in [2.05, 4.69) is 5.32 Å². The first-order valence-corrected chi connectivity index (χ1v) is 10.3. The molecular formula is C23H25ClN2O4. The molecule has 1 fully saturated rings. The maximum atomic E-state index is 12.4. The molecule has 0 aromatic heterocycles. The molecule has 0 aliphatic carbocycles. The minimum atomic E-state index is -0.415. The number of ether oxygens (including phenoxy) is 2. The van der Waals surface area contributed by atoms with E-state index < -0.39 is 6.03 Å². The predicted molar refractivity (Wildman–Crippen MR) is 117 cm³/mol. The van der Waals surface area contributed by atoms with E-state index in [0.717, 1.165) is 5.56 Å². The van der Waals surface area contributed by atoms with Crippen molar-refractivity contribution < 1.29 is 19.1 Å². The fourth-order valence-electron chi connectivity index (χ4n) is 3.08. The molecule has 3 amide bonds. The molecule has 1 N–H and O–H groups in total. The highest BCUT2D eigenvalue weighted by molar-refractivity contribution is 6.32. The SMILES string of the molecule is CCCN1C(=O)N/C(=C/c2cc(Cl)c(OCc3ccc(C)cc3)c(OCC)c2)C1=O. The van der Waals surface area contributed by atoms with Crippen LogP contribution in [0.5, 0.6) is 11.5 Å². The number of benzene rings is 2. The molecule has 0 unspecified atom stereocenters. The van der Waals surface area contributed by atoms with Gasteiger partial charge in [-0.2, -0.15) is 0 Å². The zero-order chi connectivity index (χ0) is 21.7. The second-order valence-electron chi connectivity index (χ2n) is 6.98. The number of aryl methyl sites for hydroxylation is 1. The van der Waals surface area contributed by atoms with Crippen LogP contribution >= 0.6 is 11.6 Å². The highest BCUT2D eigenvalue weighted by Gasteiger charge is 2.32. The molecule has 3 rings (SSSR count). The largest absolute Gasteiger partial charge is 0.490 e. The molecule has 1 aliphatic heterocycles. The van der Waals surface area contributed by atoms with Crippen molar-refractivity contribution in [1.82, 2.24) is 10.2 Å². The number of carbonyl (C=O) groups excluding carboxylic acids is 2. The Kier molecular flexibility index (Phi) is 7.00. The quantitative estimate of drug-likeness (QED) is 0.478. The van der Waals surface area contributed by atoms with Crippen LogP contribution in [0.1, 0.15) is 37.0 Å². The molecule has 7 heteroatoms. The summed E-state index contributed by atoms with van der Waals surface area (Å²) in [4.78, 5) is 25.6. The van der Waals surface area contributed by atoms with Crippen LogP contribution in [0.25, 0.3) is 6.08 Å². The van der Waals surface area contributed by atoms with Crippen LogP contribution < -0.4 is 14.8 Å². The Balaban J connectivity index is 1.85. The maximum Gasteiger partial charge on any atom is 0.329 e. The van der Waals surface area contributed by atoms with E-state index >= 15 is 0 Å². The van der Waals surface area contributed by atoms with Crippen LogP contribution in [0.4, 0.5) is 4.79 Å². The van der Waals surface area contributed by atoms with Gasteiger partial charge in [0.25, 0.3) is 5.91 Å². The molecule has 0 atom stereocenters. The Labute approximate surface area is 181 Å². The lowest BCUT2D eigenvalue weighted by molar-refractivity contribution is -0.122. The minimum Gasteiger partial charge on any atom is -0.490 e. The van der Waals surface area contributed by atoms with Crippen molar-refractivity contribution in [2.45, 2.75) is 33.8 Å². The van der Waals surface area contributed by atoms with Crippen molar-refractivity contribution in [2.24, 2.45) is 0 Å². The number of amides is 3.